The van der Waals surface area contributed by atoms with Crippen LogP contribution in [0.1, 0.15) is 0 Å². The van der Waals surface area contributed by atoms with Crippen molar-refractivity contribution in [3.63, 3.8) is 0 Å². The van der Waals surface area contributed by atoms with Crippen molar-refractivity contribution in [1.29, 1.82) is 0 Å². The Labute approximate surface area is 394 Å². The highest BCUT2D eigenvalue weighted by Crippen LogP contribution is 2.44. The van der Waals surface area contributed by atoms with Crippen LogP contribution in [0.3, 0.4) is 0 Å². The summed E-state index contributed by atoms with van der Waals surface area (Å²) in [5.41, 5.74) is 11.1. The fourth-order valence-corrected chi connectivity index (χ4v) is 10.4. The zero-order chi connectivity index (χ0) is 45.0. The molecule has 0 saturated heterocycles. The zero-order valence-corrected chi connectivity index (χ0v) is 37.1. The lowest BCUT2D eigenvalue weighted by Gasteiger charge is -2.12. The molecule has 0 radical (unpaired) electrons. The van der Waals surface area contributed by atoms with Gasteiger partial charge in [0.25, 0.3) is 0 Å². The monoisotopic (exact) mass is 888 g/mol. The number of hydrogen-bond donors (Lipinski definition) is 0. The van der Waals surface area contributed by atoms with Gasteiger partial charge in [-0.3, -0.25) is 0 Å². The first-order valence-electron chi connectivity index (χ1n) is 22.4. The van der Waals surface area contributed by atoms with E-state index in [1.807, 2.05) is 103 Å². The van der Waals surface area contributed by atoms with E-state index >= 15 is 0 Å². The predicted octanol–water partition coefficient (Wildman–Crippen LogP) is 15.7. The maximum atomic E-state index is 6.83. The number of rotatable bonds is 8. The van der Waals surface area contributed by atoms with Gasteiger partial charge in [0, 0.05) is 69.9 Å². The van der Waals surface area contributed by atoms with Gasteiger partial charge >= 0.3 is 0 Å². The fourth-order valence-electron chi connectivity index (χ4n) is 9.15. The van der Waals surface area contributed by atoms with Gasteiger partial charge in [0.15, 0.2) is 34.9 Å². The van der Waals surface area contributed by atoms with Gasteiger partial charge < -0.3 is 4.42 Å². The van der Waals surface area contributed by atoms with Crippen molar-refractivity contribution in [1.82, 2.24) is 29.9 Å². The number of hydrogen-bond acceptors (Lipinski definition) is 8. The van der Waals surface area contributed by atoms with E-state index in [0.717, 1.165) is 82.3 Å². The summed E-state index contributed by atoms with van der Waals surface area (Å²) in [6.07, 6.45) is 0. The topological polar surface area (TPSA) is 90.5 Å². The molecule has 68 heavy (non-hydrogen) atoms. The van der Waals surface area contributed by atoms with Crippen LogP contribution in [0.2, 0.25) is 0 Å². The van der Waals surface area contributed by atoms with Crippen LogP contribution in [0, 0.1) is 0 Å². The summed E-state index contributed by atoms with van der Waals surface area (Å²) in [6.45, 7) is 0. The second kappa shape index (κ2) is 16.5. The van der Waals surface area contributed by atoms with Crippen molar-refractivity contribution in [2.24, 2.45) is 0 Å². The van der Waals surface area contributed by atoms with Gasteiger partial charge in [-0.1, -0.05) is 182 Å². The summed E-state index contributed by atoms with van der Waals surface area (Å²) < 4.78 is 9.21. The molecule has 9 aromatic carbocycles. The van der Waals surface area contributed by atoms with E-state index in [4.69, 9.17) is 34.3 Å². The van der Waals surface area contributed by atoms with Crippen LogP contribution in [0.25, 0.3) is 133 Å². The van der Waals surface area contributed by atoms with Crippen molar-refractivity contribution in [3.05, 3.63) is 218 Å². The van der Waals surface area contributed by atoms with Gasteiger partial charge in [-0.15, -0.1) is 11.3 Å². The Morgan fingerprint density at radius 3 is 1.32 bits per heavy atom. The Hall–Kier alpha value is -8.98. The zero-order valence-electron chi connectivity index (χ0n) is 36.3. The van der Waals surface area contributed by atoms with Crippen LogP contribution < -0.4 is 0 Å². The Balaban J connectivity index is 0.942. The molecule has 0 atom stereocenters. The molecule has 0 aliphatic carbocycles. The van der Waals surface area contributed by atoms with E-state index < -0.39 is 0 Å². The number of benzene rings is 9. The largest absolute Gasteiger partial charge is 0.455 e. The van der Waals surface area contributed by atoms with Gasteiger partial charge in [0.2, 0.25) is 0 Å². The molecule has 0 amide bonds. The fraction of sp³-hybridized carbons (Fsp3) is 0. The molecular weight excluding hydrogens is 853 g/mol. The maximum Gasteiger partial charge on any atom is 0.165 e. The number of nitrogens with zero attached hydrogens (tertiary/aromatic N) is 6. The number of aromatic nitrogens is 6. The number of para-hydroxylation sites is 1. The predicted molar refractivity (Wildman–Crippen MR) is 277 cm³/mol. The molecule has 0 aliphatic heterocycles. The second-order valence-corrected chi connectivity index (χ2v) is 17.7. The molecule has 0 fully saturated rings. The third-order valence-electron chi connectivity index (χ3n) is 12.4. The smallest absolute Gasteiger partial charge is 0.165 e. The molecule has 0 saturated carbocycles. The lowest BCUT2D eigenvalue weighted by atomic mass is 9.93. The molecule has 318 valence electrons. The van der Waals surface area contributed by atoms with E-state index in [9.17, 15) is 0 Å². The summed E-state index contributed by atoms with van der Waals surface area (Å²) in [5.74, 6) is 3.67. The Morgan fingerprint density at radius 1 is 0.294 bits per heavy atom. The van der Waals surface area contributed by atoms with Gasteiger partial charge in [-0.05, 0) is 53.1 Å². The molecule has 13 rings (SSSR count). The van der Waals surface area contributed by atoms with Gasteiger partial charge in [-0.25, -0.2) is 29.9 Å². The van der Waals surface area contributed by atoms with Gasteiger partial charge in [-0.2, -0.15) is 0 Å². The minimum Gasteiger partial charge on any atom is -0.455 e. The third-order valence-corrected chi connectivity index (χ3v) is 13.6. The van der Waals surface area contributed by atoms with Crippen LogP contribution in [0.4, 0.5) is 0 Å². The van der Waals surface area contributed by atoms with E-state index in [1.54, 1.807) is 11.3 Å². The maximum absolute atomic E-state index is 6.83. The molecule has 4 aromatic heterocycles. The Morgan fingerprint density at radius 2 is 0.721 bits per heavy atom. The highest BCUT2D eigenvalue weighted by molar-refractivity contribution is 7.26. The molecule has 8 heteroatoms. The molecule has 0 bridgehead atoms. The standard InChI is InChI=1S/C60H36N6OS/c1-4-17-37(18-5-1)55-61-56(38-19-6-2-7-20-38)63-58(62-55)43-26-15-24-41(36-43)45-34-33-44(52-48-28-10-12-31-50(48)67-53(45)52)40-23-14-25-42(35-40)59-64-57(39-21-8-3-9-22-39)65-60(66-59)49-30-16-29-47-46-27-11-13-32-51(46)68-54(47)49/h1-36H. The van der Waals surface area contributed by atoms with E-state index in [0.29, 0.717) is 34.9 Å². The second-order valence-electron chi connectivity index (χ2n) is 16.6. The molecule has 0 spiro atoms. The quantitative estimate of drug-likeness (QED) is 0.150. The highest BCUT2D eigenvalue weighted by Gasteiger charge is 2.21. The van der Waals surface area contributed by atoms with Crippen molar-refractivity contribution < 1.29 is 4.42 Å². The Bertz CT molecular complexity index is 3980. The van der Waals surface area contributed by atoms with E-state index in [1.165, 1.54) is 15.5 Å². The van der Waals surface area contributed by atoms with Crippen LogP contribution in [-0.4, -0.2) is 29.9 Å². The highest BCUT2D eigenvalue weighted by atomic mass is 32.1. The first-order chi connectivity index (χ1) is 33.7. The molecule has 4 heterocycles. The van der Waals surface area contributed by atoms with Gasteiger partial charge in [0.05, 0.1) is 0 Å². The molecule has 0 unspecified atom stereocenters. The summed E-state index contributed by atoms with van der Waals surface area (Å²) in [6, 6.07) is 74.6. The number of thiophene rings is 1. The average molecular weight is 889 g/mol. The van der Waals surface area contributed by atoms with Gasteiger partial charge in [0.1, 0.15) is 11.2 Å². The van der Waals surface area contributed by atoms with Crippen molar-refractivity contribution in [3.8, 4) is 90.6 Å². The molecule has 0 N–H and O–H groups in total. The molecule has 7 nitrogen and oxygen atoms in total. The summed E-state index contributed by atoms with van der Waals surface area (Å²) >= 11 is 1.77. The Kier molecular flexibility index (Phi) is 9.54. The number of fused-ring (bicyclic) bond motifs is 6. The van der Waals surface area contributed by atoms with E-state index in [-0.39, 0.29) is 0 Å². The van der Waals surface area contributed by atoms with E-state index in [2.05, 4.69) is 115 Å². The summed E-state index contributed by atoms with van der Waals surface area (Å²) in [5, 5.41) is 4.48. The lowest BCUT2D eigenvalue weighted by Crippen LogP contribution is -2.00. The summed E-state index contributed by atoms with van der Waals surface area (Å²) in [7, 11) is 0. The van der Waals surface area contributed by atoms with Crippen molar-refractivity contribution in [2.45, 2.75) is 0 Å². The minimum absolute atomic E-state index is 0.589. The van der Waals surface area contributed by atoms with Crippen molar-refractivity contribution >= 4 is 53.4 Å². The SMILES string of the molecule is c1ccc(-c2nc(-c3ccccc3)nc(-c3cccc(-c4ccc(-c5cccc(-c6nc(-c7ccccc7)nc(-c7cccc8c7sc7ccccc78)n6)c5)c5c4oc4ccccc45)c3)n2)cc1. The van der Waals surface area contributed by atoms with Crippen LogP contribution >= 0.6 is 11.3 Å². The molecule has 0 aliphatic rings. The first-order valence-corrected chi connectivity index (χ1v) is 23.3. The third kappa shape index (κ3) is 6.99. The van der Waals surface area contributed by atoms with Crippen molar-refractivity contribution in [2.75, 3.05) is 0 Å². The molecule has 13 aromatic rings. The molecular formula is C60H36N6OS. The number of furan rings is 1. The normalized spacial score (nSPS) is 11.5. The average Bonchev–Trinajstić information content (AvgIpc) is 4.01. The van der Waals surface area contributed by atoms with Crippen LogP contribution in [-0.2, 0) is 0 Å². The lowest BCUT2D eigenvalue weighted by molar-refractivity contribution is 0.670. The first kappa shape index (κ1) is 39.4. The summed E-state index contributed by atoms with van der Waals surface area (Å²) in [4.78, 5) is 30.5. The van der Waals surface area contributed by atoms with Crippen LogP contribution in [0.5, 0.6) is 0 Å². The minimum atomic E-state index is 0.589. The van der Waals surface area contributed by atoms with Crippen LogP contribution in [0.15, 0.2) is 223 Å².